The molecule has 1 aromatic rings. The highest BCUT2D eigenvalue weighted by atomic mass is 28.4. The van der Waals surface area contributed by atoms with E-state index in [-0.39, 0.29) is 0 Å². The number of benzene rings is 1. The molecule has 0 aliphatic rings. The summed E-state index contributed by atoms with van der Waals surface area (Å²) in [4.78, 5) is 1.90. The molecule has 4 nitrogen and oxygen atoms in total. The molecule has 0 amide bonds. The van der Waals surface area contributed by atoms with Gasteiger partial charge in [-0.1, -0.05) is 0 Å². The molecule has 0 radical (unpaired) electrons. The second kappa shape index (κ2) is 6.52. The summed E-state index contributed by atoms with van der Waals surface area (Å²) >= 11 is 0. The maximum Gasteiger partial charge on any atom is 0.244 e. The molecule has 0 aliphatic carbocycles. The van der Waals surface area contributed by atoms with E-state index < -0.39 is 8.32 Å². The summed E-state index contributed by atoms with van der Waals surface area (Å²) in [7, 11) is 3.86. The molecular formula is C14H23NO3Si. The first kappa shape index (κ1) is 15.4. The van der Waals surface area contributed by atoms with Crippen molar-refractivity contribution in [2.24, 2.45) is 0 Å². The van der Waals surface area contributed by atoms with E-state index in [4.69, 9.17) is 13.9 Å². The van der Waals surface area contributed by atoms with Crippen molar-refractivity contribution in [3.8, 4) is 11.5 Å². The van der Waals surface area contributed by atoms with E-state index in [1.165, 1.54) is 0 Å². The highest BCUT2D eigenvalue weighted by Gasteiger charge is 2.19. The molecule has 0 N–H and O–H groups in total. The zero-order valence-electron chi connectivity index (χ0n) is 12.6. The van der Waals surface area contributed by atoms with Gasteiger partial charge in [-0.05, 0) is 43.9 Å². The van der Waals surface area contributed by atoms with Gasteiger partial charge in [-0.25, -0.2) is 0 Å². The lowest BCUT2D eigenvalue weighted by Crippen LogP contribution is -2.30. The minimum Gasteiger partial charge on any atom is -0.531 e. The lowest BCUT2D eigenvalue weighted by atomic mass is 10.3. The van der Waals surface area contributed by atoms with Gasteiger partial charge in [-0.15, -0.1) is 0 Å². The molecule has 0 aromatic heterocycles. The monoisotopic (exact) mass is 281 g/mol. The van der Waals surface area contributed by atoms with Gasteiger partial charge in [0, 0.05) is 14.1 Å². The average Bonchev–Trinajstić information content (AvgIpc) is 2.33. The molecule has 0 fully saturated rings. The molecule has 19 heavy (non-hydrogen) atoms. The zero-order valence-corrected chi connectivity index (χ0v) is 13.6. The van der Waals surface area contributed by atoms with Crippen LogP contribution in [0.25, 0.3) is 0 Å². The molecule has 106 valence electrons. The number of methoxy groups -OCH3 is 1. The molecular weight excluding hydrogens is 258 g/mol. The van der Waals surface area contributed by atoms with Crippen LogP contribution in [0.2, 0.25) is 19.6 Å². The van der Waals surface area contributed by atoms with Crippen LogP contribution >= 0.6 is 0 Å². The van der Waals surface area contributed by atoms with Crippen LogP contribution < -0.4 is 9.47 Å². The molecule has 0 atom stereocenters. The number of ether oxygens (including phenoxy) is 2. The summed E-state index contributed by atoms with van der Waals surface area (Å²) in [5.74, 6) is 2.29. The molecule has 0 saturated heterocycles. The average molecular weight is 281 g/mol. The molecule has 0 spiro atoms. The van der Waals surface area contributed by atoms with E-state index in [9.17, 15) is 0 Å². The van der Waals surface area contributed by atoms with E-state index in [1.54, 1.807) is 13.4 Å². The Hall–Kier alpha value is -1.62. The smallest absolute Gasteiger partial charge is 0.244 e. The third kappa shape index (κ3) is 5.70. The Bertz CT molecular complexity index is 421. The molecule has 0 bridgehead atoms. The molecule has 1 aromatic carbocycles. The van der Waals surface area contributed by atoms with E-state index in [0.29, 0.717) is 0 Å². The van der Waals surface area contributed by atoms with Crippen LogP contribution in [-0.4, -0.2) is 34.4 Å². The minimum absolute atomic E-state index is 0.731. The highest BCUT2D eigenvalue weighted by molar-refractivity contribution is 6.70. The number of hydrogen-bond acceptors (Lipinski definition) is 4. The topological polar surface area (TPSA) is 30.9 Å². The van der Waals surface area contributed by atoms with Crippen molar-refractivity contribution in [1.82, 2.24) is 4.90 Å². The molecule has 0 unspecified atom stereocenters. The van der Waals surface area contributed by atoms with Gasteiger partial charge >= 0.3 is 0 Å². The Morgan fingerprint density at radius 3 is 2.00 bits per heavy atom. The summed E-state index contributed by atoms with van der Waals surface area (Å²) in [6.07, 6.45) is 1.64. The standard InChI is InChI=1S/C14H23NO3Si/c1-15(2)14(18-19(4,5)6)11-17-13-9-7-12(16-3)8-10-13/h7-11H,1-6H3/b14-11+. The Morgan fingerprint density at radius 1 is 1.05 bits per heavy atom. The Labute approximate surface area is 116 Å². The van der Waals surface area contributed by atoms with E-state index in [1.807, 2.05) is 43.3 Å². The molecule has 5 heteroatoms. The number of rotatable bonds is 6. The SMILES string of the molecule is COc1ccc(O/C=C(/O[Si](C)(C)C)N(C)C)cc1. The normalized spacial score (nSPS) is 12.0. The van der Waals surface area contributed by atoms with Crippen LogP contribution in [0, 0.1) is 0 Å². The lowest BCUT2D eigenvalue weighted by Gasteiger charge is -2.25. The van der Waals surface area contributed by atoms with Crippen LogP contribution in [0.5, 0.6) is 11.5 Å². The minimum atomic E-state index is -1.65. The van der Waals surface area contributed by atoms with Crippen molar-refractivity contribution in [3.63, 3.8) is 0 Å². The van der Waals surface area contributed by atoms with E-state index in [2.05, 4.69) is 19.6 Å². The van der Waals surface area contributed by atoms with Gasteiger partial charge in [-0.3, -0.25) is 0 Å². The number of nitrogens with zero attached hydrogens (tertiary/aromatic N) is 1. The Kier molecular flexibility index (Phi) is 5.29. The van der Waals surface area contributed by atoms with Gasteiger partial charge in [0.25, 0.3) is 0 Å². The van der Waals surface area contributed by atoms with E-state index in [0.717, 1.165) is 17.4 Å². The summed E-state index contributed by atoms with van der Waals surface area (Å²) in [5.41, 5.74) is 0. The predicted molar refractivity (Wildman–Crippen MR) is 79.8 cm³/mol. The summed E-state index contributed by atoms with van der Waals surface area (Å²) in [6.45, 7) is 6.41. The summed E-state index contributed by atoms with van der Waals surface area (Å²) in [6, 6.07) is 7.43. The molecule has 0 aliphatic heterocycles. The van der Waals surface area contributed by atoms with Crippen molar-refractivity contribution in [2.45, 2.75) is 19.6 Å². The highest BCUT2D eigenvalue weighted by Crippen LogP contribution is 2.19. The van der Waals surface area contributed by atoms with Crippen LogP contribution in [-0.2, 0) is 4.43 Å². The van der Waals surface area contributed by atoms with Gasteiger partial charge in [0.1, 0.15) is 17.8 Å². The third-order valence-corrected chi connectivity index (χ3v) is 3.03. The van der Waals surface area contributed by atoms with Crippen LogP contribution in [0.15, 0.2) is 36.4 Å². The van der Waals surface area contributed by atoms with Gasteiger partial charge in [0.2, 0.25) is 14.2 Å². The lowest BCUT2D eigenvalue weighted by molar-refractivity contribution is 0.255. The molecule has 1 rings (SSSR count). The van der Waals surface area contributed by atoms with Crippen molar-refractivity contribution >= 4 is 8.32 Å². The number of hydrogen-bond donors (Lipinski definition) is 0. The Balaban J connectivity index is 2.74. The van der Waals surface area contributed by atoms with Gasteiger partial charge < -0.3 is 18.8 Å². The first-order valence-electron chi connectivity index (χ1n) is 6.19. The first-order chi connectivity index (χ1) is 8.81. The summed E-state index contributed by atoms with van der Waals surface area (Å²) < 4.78 is 16.7. The van der Waals surface area contributed by atoms with Gasteiger partial charge in [0.05, 0.1) is 7.11 Å². The van der Waals surface area contributed by atoms with Crippen molar-refractivity contribution in [3.05, 3.63) is 36.4 Å². The van der Waals surface area contributed by atoms with Crippen LogP contribution in [0.3, 0.4) is 0 Å². The van der Waals surface area contributed by atoms with Crippen LogP contribution in [0.1, 0.15) is 0 Å². The largest absolute Gasteiger partial charge is 0.531 e. The van der Waals surface area contributed by atoms with E-state index >= 15 is 0 Å². The van der Waals surface area contributed by atoms with Gasteiger partial charge in [-0.2, -0.15) is 0 Å². The second-order valence-corrected chi connectivity index (χ2v) is 9.79. The molecule has 0 heterocycles. The Morgan fingerprint density at radius 2 is 1.58 bits per heavy atom. The summed E-state index contributed by atoms with van der Waals surface area (Å²) in [5, 5.41) is 0. The fourth-order valence-electron chi connectivity index (χ4n) is 1.31. The fourth-order valence-corrected chi connectivity index (χ4v) is 2.17. The fraction of sp³-hybridized carbons (Fsp3) is 0.429. The first-order valence-corrected chi connectivity index (χ1v) is 9.60. The van der Waals surface area contributed by atoms with Crippen molar-refractivity contribution < 1.29 is 13.9 Å². The van der Waals surface area contributed by atoms with Crippen molar-refractivity contribution in [1.29, 1.82) is 0 Å². The third-order valence-electron chi connectivity index (χ3n) is 2.21. The maximum absolute atomic E-state index is 5.94. The maximum atomic E-state index is 5.94. The van der Waals surface area contributed by atoms with Crippen molar-refractivity contribution in [2.75, 3.05) is 21.2 Å². The predicted octanol–water partition coefficient (Wildman–Crippen LogP) is 3.29. The quantitative estimate of drug-likeness (QED) is 0.591. The van der Waals surface area contributed by atoms with Crippen LogP contribution in [0.4, 0.5) is 0 Å². The molecule has 0 saturated carbocycles. The van der Waals surface area contributed by atoms with Gasteiger partial charge in [0.15, 0.2) is 0 Å². The second-order valence-electron chi connectivity index (χ2n) is 5.36. The zero-order chi connectivity index (χ0) is 14.5.